The van der Waals surface area contributed by atoms with Gasteiger partial charge in [-0.3, -0.25) is 4.79 Å². The monoisotopic (exact) mass is 255 g/mol. The van der Waals surface area contributed by atoms with Crippen molar-refractivity contribution in [1.29, 1.82) is 0 Å². The van der Waals surface area contributed by atoms with Gasteiger partial charge >= 0.3 is 0 Å². The van der Waals surface area contributed by atoms with Crippen LogP contribution in [0.2, 0.25) is 0 Å². The molecule has 0 saturated heterocycles. The average molecular weight is 255 g/mol. The molecule has 2 N–H and O–H groups in total. The van der Waals surface area contributed by atoms with E-state index in [-0.39, 0.29) is 17.9 Å². The van der Waals surface area contributed by atoms with Crippen LogP contribution in [0.1, 0.15) is 30.6 Å². The van der Waals surface area contributed by atoms with Crippen LogP contribution in [0, 0.1) is 5.82 Å². The van der Waals surface area contributed by atoms with Gasteiger partial charge in [0.25, 0.3) is 5.91 Å². The summed E-state index contributed by atoms with van der Waals surface area (Å²) in [4.78, 5) is 11.9. The van der Waals surface area contributed by atoms with Crippen LogP contribution in [-0.4, -0.2) is 30.3 Å². The Hall–Kier alpha value is -1.62. The molecule has 0 saturated carbocycles. The first kappa shape index (κ1) is 14.4. The van der Waals surface area contributed by atoms with E-state index >= 15 is 0 Å². The van der Waals surface area contributed by atoms with E-state index in [0.717, 1.165) is 0 Å². The summed E-state index contributed by atoms with van der Waals surface area (Å²) in [5, 5.41) is 12.3. The molecule has 0 heterocycles. The molecule has 0 aliphatic rings. The third-order valence-corrected chi connectivity index (χ3v) is 2.81. The van der Waals surface area contributed by atoms with Gasteiger partial charge in [0.05, 0.1) is 12.7 Å². The van der Waals surface area contributed by atoms with Gasteiger partial charge in [0.1, 0.15) is 17.1 Å². The molecule has 0 spiro atoms. The largest absolute Gasteiger partial charge is 0.496 e. The van der Waals surface area contributed by atoms with E-state index < -0.39 is 17.3 Å². The molecule has 1 atom stereocenters. The fourth-order valence-corrected chi connectivity index (χ4v) is 1.38. The van der Waals surface area contributed by atoms with Gasteiger partial charge in [-0.05, 0) is 25.5 Å². The smallest absolute Gasteiger partial charge is 0.258 e. The van der Waals surface area contributed by atoms with Gasteiger partial charge in [0.15, 0.2) is 0 Å². The average Bonchev–Trinajstić information content (AvgIpc) is 2.35. The molecular weight excluding hydrogens is 237 g/mol. The minimum Gasteiger partial charge on any atom is -0.496 e. The maximum atomic E-state index is 13.6. The van der Waals surface area contributed by atoms with E-state index in [1.165, 1.54) is 25.3 Å². The third-order valence-electron chi connectivity index (χ3n) is 2.81. The van der Waals surface area contributed by atoms with Crippen LogP contribution in [0.3, 0.4) is 0 Å². The van der Waals surface area contributed by atoms with Crippen molar-refractivity contribution in [3.05, 3.63) is 29.6 Å². The summed E-state index contributed by atoms with van der Waals surface area (Å²) in [6.07, 6.45) is 0.488. The first-order valence-electron chi connectivity index (χ1n) is 5.74. The summed E-state index contributed by atoms with van der Waals surface area (Å²) < 4.78 is 18.5. The van der Waals surface area contributed by atoms with E-state index in [0.29, 0.717) is 6.42 Å². The lowest BCUT2D eigenvalue weighted by molar-refractivity contribution is 0.0516. The summed E-state index contributed by atoms with van der Waals surface area (Å²) >= 11 is 0. The van der Waals surface area contributed by atoms with Crippen LogP contribution >= 0.6 is 0 Å². The van der Waals surface area contributed by atoms with Gasteiger partial charge in [-0.15, -0.1) is 0 Å². The minimum absolute atomic E-state index is 0.0554. The van der Waals surface area contributed by atoms with Gasteiger partial charge in [-0.2, -0.15) is 0 Å². The van der Waals surface area contributed by atoms with E-state index in [1.807, 2.05) is 0 Å². The highest BCUT2D eigenvalue weighted by atomic mass is 19.1. The van der Waals surface area contributed by atoms with Crippen molar-refractivity contribution in [3.8, 4) is 5.75 Å². The molecule has 1 aromatic carbocycles. The quantitative estimate of drug-likeness (QED) is 0.842. The first-order valence-corrected chi connectivity index (χ1v) is 5.74. The minimum atomic E-state index is -1.01. The maximum absolute atomic E-state index is 13.6. The predicted molar refractivity (Wildman–Crippen MR) is 66.2 cm³/mol. The molecule has 0 fully saturated rings. The molecular formula is C13H18FNO3. The summed E-state index contributed by atoms with van der Waals surface area (Å²) in [6, 6.07) is 4.17. The number of hydrogen-bond donors (Lipinski definition) is 2. The zero-order valence-corrected chi connectivity index (χ0v) is 10.8. The highest BCUT2D eigenvalue weighted by Crippen LogP contribution is 2.21. The normalized spacial score (nSPS) is 13.8. The molecule has 1 rings (SSSR count). The van der Waals surface area contributed by atoms with Crippen LogP contribution in [0.15, 0.2) is 18.2 Å². The number of hydrogen-bond acceptors (Lipinski definition) is 3. The first-order chi connectivity index (χ1) is 8.41. The van der Waals surface area contributed by atoms with E-state index in [4.69, 9.17) is 4.74 Å². The van der Waals surface area contributed by atoms with Crippen molar-refractivity contribution in [3.63, 3.8) is 0 Å². The standard InChI is InChI=1S/C13H18FNO3/c1-4-13(2,17)8-15-12(16)11-9(14)6-5-7-10(11)18-3/h5-7,17H,4,8H2,1-3H3,(H,15,16). The molecule has 0 aliphatic carbocycles. The van der Waals surface area contributed by atoms with Crippen molar-refractivity contribution >= 4 is 5.91 Å². The number of benzene rings is 1. The third kappa shape index (κ3) is 3.43. The number of amides is 1. The number of halogens is 1. The Morgan fingerprint density at radius 3 is 2.78 bits per heavy atom. The zero-order chi connectivity index (χ0) is 13.8. The number of carbonyl (C=O) groups is 1. The van der Waals surface area contributed by atoms with E-state index in [2.05, 4.69) is 5.32 Å². The van der Waals surface area contributed by atoms with Crippen LogP contribution < -0.4 is 10.1 Å². The van der Waals surface area contributed by atoms with Gasteiger partial charge in [-0.1, -0.05) is 13.0 Å². The highest BCUT2D eigenvalue weighted by Gasteiger charge is 2.22. The van der Waals surface area contributed by atoms with Gasteiger partial charge in [0, 0.05) is 6.54 Å². The number of carbonyl (C=O) groups excluding carboxylic acids is 1. The molecule has 0 aliphatic heterocycles. The van der Waals surface area contributed by atoms with Crippen LogP contribution in [0.25, 0.3) is 0 Å². The Balaban J connectivity index is 2.85. The van der Waals surface area contributed by atoms with Crippen LogP contribution in [0.4, 0.5) is 4.39 Å². The fourth-order valence-electron chi connectivity index (χ4n) is 1.38. The maximum Gasteiger partial charge on any atom is 0.258 e. The second-order valence-electron chi connectivity index (χ2n) is 4.35. The number of nitrogens with one attached hydrogen (secondary N) is 1. The number of rotatable bonds is 5. The van der Waals surface area contributed by atoms with Crippen LogP contribution in [-0.2, 0) is 0 Å². The molecule has 5 heteroatoms. The fraction of sp³-hybridized carbons (Fsp3) is 0.462. The molecule has 0 bridgehead atoms. The molecule has 0 radical (unpaired) electrons. The molecule has 1 unspecified atom stereocenters. The van der Waals surface area contributed by atoms with Crippen molar-refractivity contribution in [1.82, 2.24) is 5.32 Å². The Bertz CT molecular complexity index is 432. The summed E-state index contributed by atoms with van der Waals surface area (Å²) in [7, 11) is 1.37. The van der Waals surface area contributed by atoms with Gasteiger partial charge in [0.2, 0.25) is 0 Å². The predicted octanol–water partition coefficient (Wildman–Crippen LogP) is 1.73. The van der Waals surface area contributed by atoms with Crippen LogP contribution in [0.5, 0.6) is 5.75 Å². The Morgan fingerprint density at radius 1 is 1.56 bits per heavy atom. The summed E-state index contributed by atoms with van der Waals surface area (Å²) in [6.45, 7) is 3.46. The summed E-state index contributed by atoms with van der Waals surface area (Å²) in [5.41, 5.74) is -1.15. The molecule has 100 valence electrons. The lowest BCUT2D eigenvalue weighted by atomic mass is 10.0. The number of methoxy groups -OCH3 is 1. The van der Waals surface area contributed by atoms with Crippen molar-refractivity contribution in [2.45, 2.75) is 25.9 Å². The molecule has 1 aromatic rings. The summed E-state index contributed by atoms with van der Waals surface area (Å²) in [5.74, 6) is -1.08. The molecule has 18 heavy (non-hydrogen) atoms. The van der Waals surface area contributed by atoms with Gasteiger partial charge < -0.3 is 15.2 Å². The number of ether oxygens (including phenoxy) is 1. The molecule has 0 aromatic heterocycles. The molecule has 1 amide bonds. The van der Waals surface area contributed by atoms with Crippen molar-refractivity contribution < 1.29 is 19.0 Å². The molecule has 4 nitrogen and oxygen atoms in total. The van der Waals surface area contributed by atoms with E-state index in [9.17, 15) is 14.3 Å². The lowest BCUT2D eigenvalue weighted by Gasteiger charge is -2.21. The topological polar surface area (TPSA) is 58.6 Å². The Morgan fingerprint density at radius 2 is 2.22 bits per heavy atom. The second-order valence-corrected chi connectivity index (χ2v) is 4.35. The van der Waals surface area contributed by atoms with Crippen molar-refractivity contribution in [2.75, 3.05) is 13.7 Å². The zero-order valence-electron chi connectivity index (χ0n) is 10.8. The Kier molecular flexibility index (Phi) is 4.67. The number of aliphatic hydroxyl groups is 1. The van der Waals surface area contributed by atoms with E-state index in [1.54, 1.807) is 13.8 Å². The van der Waals surface area contributed by atoms with Gasteiger partial charge in [-0.25, -0.2) is 4.39 Å². The second kappa shape index (κ2) is 5.82. The highest BCUT2D eigenvalue weighted by molar-refractivity contribution is 5.97. The SMILES string of the molecule is CCC(C)(O)CNC(=O)c1c(F)cccc1OC. The van der Waals surface area contributed by atoms with Crippen molar-refractivity contribution in [2.24, 2.45) is 0 Å². The lowest BCUT2D eigenvalue weighted by Crippen LogP contribution is -2.40. The Labute approximate surface area is 106 Å².